The van der Waals surface area contributed by atoms with Gasteiger partial charge in [-0.25, -0.2) is 0 Å². The first-order valence-electron chi connectivity index (χ1n) is 4.18. The second-order valence-electron chi connectivity index (χ2n) is 2.83. The van der Waals surface area contributed by atoms with Gasteiger partial charge in [0.1, 0.15) is 0 Å². The Balaban J connectivity index is 2.30. The Kier molecular flexibility index (Phi) is 4.80. The molecule has 2 nitrogen and oxygen atoms in total. The highest BCUT2D eigenvalue weighted by Crippen LogP contribution is 2.31. The van der Waals surface area contributed by atoms with Crippen molar-refractivity contribution in [1.82, 2.24) is 0 Å². The van der Waals surface area contributed by atoms with Gasteiger partial charge in [-0.05, 0) is 18.4 Å². The van der Waals surface area contributed by atoms with Gasteiger partial charge in [-0.1, -0.05) is 6.07 Å². The molecule has 0 aliphatic heterocycles. The second-order valence-corrected chi connectivity index (χ2v) is 5.18. The fourth-order valence-electron chi connectivity index (χ4n) is 0.913. The van der Waals surface area contributed by atoms with Crippen LogP contribution < -0.4 is 0 Å². The van der Waals surface area contributed by atoms with Crippen molar-refractivity contribution in [3.63, 3.8) is 0 Å². The molecule has 0 fully saturated rings. The van der Waals surface area contributed by atoms with Gasteiger partial charge in [0.15, 0.2) is 0 Å². The van der Waals surface area contributed by atoms with Gasteiger partial charge in [0, 0.05) is 15.9 Å². The average Bonchev–Trinajstić information content (AvgIpc) is 2.66. The number of aliphatic hydroxyl groups is 2. The molecule has 0 amide bonds. The Hall–Kier alpha value is -0.0300. The smallest absolute Gasteiger partial charge is 0.0861 e. The van der Waals surface area contributed by atoms with E-state index in [4.69, 9.17) is 10.2 Å². The first-order chi connectivity index (χ1) is 6.24. The summed E-state index contributed by atoms with van der Waals surface area (Å²) in [5.74, 6) is 0.593. The summed E-state index contributed by atoms with van der Waals surface area (Å²) in [5.41, 5.74) is 0. The molecule has 2 atom stereocenters. The molecule has 0 spiro atoms. The van der Waals surface area contributed by atoms with E-state index in [2.05, 4.69) is 18.4 Å². The summed E-state index contributed by atoms with van der Waals surface area (Å²) in [4.78, 5) is 1.31. The van der Waals surface area contributed by atoms with Crippen LogP contribution in [0.1, 0.15) is 17.1 Å². The van der Waals surface area contributed by atoms with Crippen molar-refractivity contribution in [2.45, 2.75) is 18.3 Å². The minimum Gasteiger partial charge on any atom is -0.394 e. The molecule has 0 aliphatic carbocycles. The van der Waals surface area contributed by atoms with E-state index in [0.717, 1.165) is 0 Å². The van der Waals surface area contributed by atoms with Crippen LogP contribution in [0.15, 0.2) is 17.5 Å². The SMILES string of the molecule is CC(SCC(O)CO)c1cccs1. The molecule has 0 aliphatic rings. The fourth-order valence-corrected chi connectivity index (χ4v) is 2.81. The van der Waals surface area contributed by atoms with Gasteiger partial charge < -0.3 is 10.2 Å². The summed E-state index contributed by atoms with van der Waals surface area (Å²) < 4.78 is 0. The quantitative estimate of drug-likeness (QED) is 0.793. The lowest BCUT2D eigenvalue weighted by atomic mass is 10.4. The van der Waals surface area contributed by atoms with Gasteiger partial charge >= 0.3 is 0 Å². The Bertz CT molecular complexity index is 224. The average molecular weight is 218 g/mol. The van der Waals surface area contributed by atoms with E-state index in [1.807, 2.05) is 6.07 Å². The zero-order valence-electron chi connectivity index (χ0n) is 7.51. The number of rotatable bonds is 5. The topological polar surface area (TPSA) is 40.5 Å². The highest BCUT2D eigenvalue weighted by atomic mass is 32.2. The van der Waals surface area contributed by atoms with Gasteiger partial charge in [-0.15, -0.1) is 11.3 Å². The van der Waals surface area contributed by atoms with Crippen LogP contribution in [0.2, 0.25) is 0 Å². The lowest BCUT2D eigenvalue weighted by molar-refractivity contribution is 0.113. The summed E-state index contributed by atoms with van der Waals surface area (Å²) in [5, 5.41) is 20.2. The number of thioether (sulfide) groups is 1. The molecule has 0 aromatic carbocycles. The first kappa shape index (κ1) is 11.0. The molecule has 2 N–H and O–H groups in total. The largest absolute Gasteiger partial charge is 0.394 e. The summed E-state index contributed by atoms with van der Waals surface area (Å²) >= 11 is 3.39. The first-order valence-corrected chi connectivity index (χ1v) is 6.10. The van der Waals surface area contributed by atoms with Crippen molar-refractivity contribution in [1.29, 1.82) is 0 Å². The zero-order chi connectivity index (χ0) is 9.68. The van der Waals surface area contributed by atoms with Crippen molar-refractivity contribution in [2.24, 2.45) is 0 Å². The maximum Gasteiger partial charge on any atom is 0.0861 e. The minimum atomic E-state index is -0.590. The third-order valence-corrected chi connectivity index (χ3v) is 4.23. The van der Waals surface area contributed by atoms with Crippen LogP contribution in [-0.2, 0) is 0 Å². The van der Waals surface area contributed by atoms with Crippen LogP contribution in [0.5, 0.6) is 0 Å². The monoisotopic (exact) mass is 218 g/mol. The van der Waals surface area contributed by atoms with E-state index >= 15 is 0 Å². The molecule has 13 heavy (non-hydrogen) atoms. The Labute approximate surface area is 86.6 Å². The van der Waals surface area contributed by atoms with Crippen molar-refractivity contribution in [3.05, 3.63) is 22.4 Å². The molecule has 2 unspecified atom stereocenters. The molecule has 4 heteroatoms. The van der Waals surface area contributed by atoms with Gasteiger partial charge in [-0.3, -0.25) is 0 Å². The molecular weight excluding hydrogens is 204 g/mol. The zero-order valence-corrected chi connectivity index (χ0v) is 9.14. The summed E-state index contributed by atoms with van der Waals surface area (Å²) in [7, 11) is 0. The van der Waals surface area contributed by atoms with Gasteiger partial charge in [0.25, 0.3) is 0 Å². The predicted octanol–water partition coefficient (Wildman–Crippen LogP) is 1.90. The van der Waals surface area contributed by atoms with Gasteiger partial charge in [-0.2, -0.15) is 11.8 Å². The van der Waals surface area contributed by atoms with E-state index < -0.39 is 6.10 Å². The number of hydrogen-bond acceptors (Lipinski definition) is 4. The molecule has 0 saturated carbocycles. The van der Waals surface area contributed by atoms with Crippen molar-refractivity contribution in [3.8, 4) is 0 Å². The van der Waals surface area contributed by atoms with Gasteiger partial charge in [0.2, 0.25) is 0 Å². The van der Waals surface area contributed by atoms with Crippen LogP contribution in [-0.4, -0.2) is 28.7 Å². The standard InChI is InChI=1S/C9H14O2S2/c1-7(9-3-2-4-12-9)13-6-8(11)5-10/h2-4,7-8,10-11H,5-6H2,1H3. The van der Waals surface area contributed by atoms with Crippen LogP contribution >= 0.6 is 23.1 Å². The highest BCUT2D eigenvalue weighted by molar-refractivity contribution is 7.99. The Morgan fingerprint density at radius 3 is 2.92 bits per heavy atom. The molecule has 1 aromatic rings. The van der Waals surface area contributed by atoms with Crippen LogP contribution in [0.3, 0.4) is 0 Å². The normalized spacial score (nSPS) is 15.6. The molecule has 1 aromatic heterocycles. The Morgan fingerprint density at radius 1 is 1.62 bits per heavy atom. The van der Waals surface area contributed by atoms with E-state index in [9.17, 15) is 0 Å². The van der Waals surface area contributed by atoms with E-state index in [1.54, 1.807) is 23.1 Å². The molecular formula is C9H14O2S2. The minimum absolute atomic E-state index is 0.149. The molecule has 0 saturated heterocycles. The maximum absolute atomic E-state index is 9.14. The molecule has 0 radical (unpaired) electrons. The third-order valence-electron chi connectivity index (χ3n) is 1.69. The summed E-state index contributed by atoms with van der Waals surface area (Å²) in [6.07, 6.45) is -0.590. The predicted molar refractivity (Wildman–Crippen MR) is 58.3 cm³/mol. The van der Waals surface area contributed by atoms with E-state index in [1.165, 1.54) is 4.88 Å². The molecule has 0 bridgehead atoms. The second kappa shape index (κ2) is 5.65. The Morgan fingerprint density at radius 2 is 2.38 bits per heavy atom. The molecule has 74 valence electrons. The maximum atomic E-state index is 9.14. The number of thiophene rings is 1. The van der Waals surface area contributed by atoms with Gasteiger partial charge in [0.05, 0.1) is 12.7 Å². The molecule has 1 rings (SSSR count). The number of hydrogen-bond donors (Lipinski definition) is 2. The van der Waals surface area contributed by atoms with Crippen LogP contribution in [0.4, 0.5) is 0 Å². The highest BCUT2D eigenvalue weighted by Gasteiger charge is 2.09. The summed E-state index contributed by atoms with van der Waals surface area (Å²) in [6.45, 7) is 1.96. The lowest BCUT2D eigenvalue weighted by Crippen LogP contribution is -2.15. The fraction of sp³-hybridized carbons (Fsp3) is 0.556. The third kappa shape index (κ3) is 3.68. The lowest BCUT2D eigenvalue weighted by Gasteiger charge is -2.11. The van der Waals surface area contributed by atoms with E-state index in [-0.39, 0.29) is 6.61 Å². The van der Waals surface area contributed by atoms with Crippen LogP contribution in [0.25, 0.3) is 0 Å². The van der Waals surface area contributed by atoms with Crippen molar-refractivity contribution < 1.29 is 10.2 Å². The summed E-state index contributed by atoms with van der Waals surface area (Å²) in [6, 6.07) is 4.12. The van der Waals surface area contributed by atoms with Crippen molar-refractivity contribution >= 4 is 23.1 Å². The van der Waals surface area contributed by atoms with Crippen molar-refractivity contribution in [2.75, 3.05) is 12.4 Å². The van der Waals surface area contributed by atoms with Crippen LogP contribution in [0, 0.1) is 0 Å². The molecule has 1 heterocycles. The number of aliphatic hydroxyl groups excluding tert-OH is 2. The van der Waals surface area contributed by atoms with E-state index in [0.29, 0.717) is 11.0 Å².